The lowest BCUT2D eigenvalue weighted by molar-refractivity contribution is -0.384. The Balaban J connectivity index is 1.20. The van der Waals surface area contributed by atoms with E-state index in [2.05, 4.69) is 10.2 Å². The topological polar surface area (TPSA) is 108 Å². The smallest absolute Gasteiger partial charge is 0.270 e. The molecule has 10 heteroatoms. The number of carbonyl (C=O) groups excluding carboxylic acids is 2. The maximum atomic E-state index is 13.2. The second kappa shape index (κ2) is 12.4. The maximum Gasteiger partial charge on any atom is 0.270 e. The van der Waals surface area contributed by atoms with Crippen molar-refractivity contribution in [2.75, 3.05) is 67.6 Å². The number of anilines is 3. The molecule has 2 heterocycles. The van der Waals surface area contributed by atoms with E-state index in [1.165, 1.54) is 12.1 Å². The molecule has 0 unspecified atom stereocenters. The Bertz CT molecular complexity index is 1380. The lowest BCUT2D eigenvalue weighted by Crippen LogP contribution is -2.48. The van der Waals surface area contributed by atoms with Crippen LogP contribution in [0.15, 0.2) is 78.9 Å². The van der Waals surface area contributed by atoms with Crippen LogP contribution < -0.4 is 15.1 Å². The van der Waals surface area contributed by atoms with E-state index in [1.54, 1.807) is 12.1 Å². The average molecular weight is 542 g/mol. The Morgan fingerprint density at radius 2 is 1.55 bits per heavy atom. The number of ether oxygens (including phenoxy) is 1. The van der Waals surface area contributed by atoms with E-state index in [4.69, 9.17) is 4.74 Å². The van der Waals surface area contributed by atoms with Crippen LogP contribution in [0.4, 0.5) is 22.7 Å². The van der Waals surface area contributed by atoms with E-state index >= 15 is 0 Å². The largest absolute Gasteiger partial charge is 0.378 e. The molecule has 10 nitrogen and oxygen atoms in total. The van der Waals surface area contributed by atoms with Gasteiger partial charge in [-0.2, -0.15) is 0 Å². The molecular weight excluding hydrogens is 510 g/mol. The third kappa shape index (κ3) is 6.47. The number of nitrogens with zero attached hydrogens (tertiary/aromatic N) is 4. The molecule has 2 fully saturated rings. The molecule has 0 radical (unpaired) electrons. The van der Waals surface area contributed by atoms with Crippen LogP contribution in [0, 0.1) is 10.1 Å². The van der Waals surface area contributed by atoms with Crippen LogP contribution in [0.3, 0.4) is 0 Å². The van der Waals surface area contributed by atoms with Crippen molar-refractivity contribution in [2.45, 2.75) is 0 Å². The van der Waals surface area contributed by atoms with Crippen LogP contribution in [0.1, 0.15) is 15.9 Å². The minimum atomic E-state index is -0.498. The fourth-order valence-corrected chi connectivity index (χ4v) is 4.88. The molecule has 2 saturated heterocycles. The fraction of sp³-hybridized carbons (Fsp3) is 0.267. The van der Waals surface area contributed by atoms with Crippen LogP contribution >= 0.6 is 0 Å². The van der Waals surface area contributed by atoms with Gasteiger partial charge in [0.25, 0.3) is 11.6 Å². The Morgan fingerprint density at radius 1 is 0.850 bits per heavy atom. The van der Waals surface area contributed by atoms with E-state index in [-0.39, 0.29) is 17.2 Å². The SMILES string of the molecule is O=C(Nc1ccc(N2CCN(C(=O)/C=C/c3ccccc3)CC2)cc1)c1cc([N+](=O)[O-])ccc1N1CCOCC1. The van der Waals surface area contributed by atoms with Crippen LogP contribution in [-0.2, 0) is 9.53 Å². The molecule has 2 amide bonds. The van der Waals surface area contributed by atoms with Crippen molar-refractivity contribution in [2.24, 2.45) is 0 Å². The summed E-state index contributed by atoms with van der Waals surface area (Å²) < 4.78 is 5.41. The highest BCUT2D eigenvalue weighted by molar-refractivity contribution is 6.08. The van der Waals surface area contributed by atoms with Gasteiger partial charge < -0.3 is 24.8 Å². The van der Waals surface area contributed by atoms with Gasteiger partial charge in [0.05, 0.1) is 29.4 Å². The number of hydrogen-bond donors (Lipinski definition) is 1. The summed E-state index contributed by atoms with van der Waals surface area (Å²) in [5.74, 6) is -0.409. The van der Waals surface area contributed by atoms with E-state index < -0.39 is 10.8 Å². The minimum Gasteiger partial charge on any atom is -0.378 e. The molecule has 0 spiro atoms. The minimum absolute atomic E-state index is 0.000777. The molecule has 5 rings (SSSR count). The molecule has 0 aromatic heterocycles. The number of amides is 2. The predicted octanol–water partition coefficient (Wildman–Crippen LogP) is 4.05. The lowest BCUT2D eigenvalue weighted by atomic mass is 10.1. The monoisotopic (exact) mass is 541 g/mol. The first-order valence-electron chi connectivity index (χ1n) is 13.3. The zero-order valence-corrected chi connectivity index (χ0v) is 22.1. The van der Waals surface area contributed by atoms with Gasteiger partial charge in [-0.3, -0.25) is 19.7 Å². The molecule has 0 saturated carbocycles. The lowest BCUT2D eigenvalue weighted by Gasteiger charge is -2.35. The molecule has 2 aliphatic rings. The van der Waals surface area contributed by atoms with Gasteiger partial charge in [-0.25, -0.2) is 0 Å². The maximum absolute atomic E-state index is 13.2. The average Bonchev–Trinajstić information content (AvgIpc) is 3.01. The van der Waals surface area contributed by atoms with Crippen molar-refractivity contribution in [1.29, 1.82) is 0 Å². The summed E-state index contributed by atoms with van der Waals surface area (Å²) in [5, 5.41) is 14.3. The summed E-state index contributed by atoms with van der Waals surface area (Å²) in [7, 11) is 0. The van der Waals surface area contributed by atoms with Crippen LogP contribution in [0.2, 0.25) is 0 Å². The standard InChI is InChI=1S/C30H31N5O5/c36-29(13-6-23-4-2-1-3-5-23)34-16-14-32(15-17-34)25-9-7-24(8-10-25)31-30(37)27-22-26(35(38)39)11-12-28(27)33-18-20-40-21-19-33/h1-13,22H,14-21H2,(H,31,37)/b13-6+. The van der Waals surface area contributed by atoms with Crippen molar-refractivity contribution in [3.05, 3.63) is 100 Å². The zero-order valence-electron chi connectivity index (χ0n) is 22.1. The molecule has 0 bridgehead atoms. The summed E-state index contributed by atoms with van der Waals surface area (Å²) in [6.45, 7) is 4.92. The van der Waals surface area contributed by atoms with Crippen LogP contribution in [0.25, 0.3) is 6.08 Å². The van der Waals surface area contributed by atoms with E-state index in [9.17, 15) is 19.7 Å². The van der Waals surface area contributed by atoms with Gasteiger partial charge in [0.15, 0.2) is 0 Å². The molecule has 3 aromatic carbocycles. The fourth-order valence-electron chi connectivity index (χ4n) is 4.88. The van der Waals surface area contributed by atoms with Gasteiger partial charge >= 0.3 is 0 Å². The Hall–Kier alpha value is -4.70. The zero-order chi connectivity index (χ0) is 27.9. The third-order valence-electron chi connectivity index (χ3n) is 7.09. The highest BCUT2D eigenvalue weighted by atomic mass is 16.6. The van der Waals surface area contributed by atoms with E-state index in [0.29, 0.717) is 63.9 Å². The number of nitro groups is 1. The Labute approximate surface area is 232 Å². The first-order chi connectivity index (χ1) is 19.5. The van der Waals surface area contributed by atoms with Gasteiger partial charge in [0, 0.05) is 68.9 Å². The highest BCUT2D eigenvalue weighted by Crippen LogP contribution is 2.28. The quantitative estimate of drug-likeness (QED) is 0.273. The van der Waals surface area contributed by atoms with Gasteiger partial charge in [0.1, 0.15) is 0 Å². The summed E-state index contributed by atoms with van der Waals surface area (Å²) in [6, 6.07) is 21.6. The van der Waals surface area contributed by atoms with Crippen molar-refractivity contribution >= 4 is 40.6 Å². The number of non-ortho nitro benzene ring substituents is 1. The summed E-state index contributed by atoms with van der Waals surface area (Å²) >= 11 is 0. The second-order valence-electron chi connectivity index (χ2n) is 9.62. The molecule has 206 valence electrons. The van der Waals surface area contributed by atoms with Gasteiger partial charge in [-0.05, 0) is 42.0 Å². The normalized spacial score (nSPS) is 15.8. The molecule has 1 N–H and O–H groups in total. The predicted molar refractivity (Wildman–Crippen MR) is 155 cm³/mol. The molecule has 2 aliphatic heterocycles. The molecule has 40 heavy (non-hydrogen) atoms. The number of morpholine rings is 1. The first-order valence-corrected chi connectivity index (χ1v) is 13.3. The Morgan fingerprint density at radius 3 is 2.23 bits per heavy atom. The molecule has 0 aliphatic carbocycles. The van der Waals surface area contributed by atoms with Gasteiger partial charge in [-0.15, -0.1) is 0 Å². The molecule has 3 aromatic rings. The van der Waals surface area contributed by atoms with Gasteiger partial charge in [0.2, 0.25) is 5.91 Å². The van der Waals surface area contributed by atoms with Crippen LogP contribution in [0.5, 0.6) is 0 Å². The molecular formula is C30H31N5O5. The molecule has 0 atom stereocenters. The summed E-state index contributed by atoms with van der Waals surface area (Å²) in [6.07, 6.45) is 3.45. The second-order valence-corrected chi connectivity index (χ2v) is 9.62. The number of hydrogen-bond acceptors (Lipinski definition) is 7. The number of nitro benzene ring substituents is 1. The van der Waals surface area contributed by atoms with Crippen molar-refractivity contribution in [1.82, 2.24) is 4.90 Å². The Kier molecular flexibility index (Phi) is 8.36. The van der Waals surface area contributed by atoms with Gasteiger partial charge in [-0.1, -0.05) is 30.3 Å². The number of nitrogens with one attached hydrogen (secondary N) is 1. The van der Waals surface area contributed by atoms with E-state index in [1.807, 2.05) is 70.5 Å². The van der Waals surface area contributed by atoms with Crippen molar-refractivity contribution < 1.29 is 19.2 Å². The van der Waals surface area contributed by atoms with Crippen LogP contribution in [-0.4, -0.2) is 74.1 Å². The van der Waals surface area contributed by atoms with Crippen molar-refractivity contribution in [3.8, 4) is 0 Å². The number of carbonyl (C=O) groups is 2. The van der Waals surface area contributed by atoms with E-state index in [0.717, 1.165) is 11.3 Å². The number of benzene rings is 3. The number of rotatable bonds is 7. The third-order valence-corrected chi connectivity index (χ3v) is 7.09. The number of piperazine rings is 1. The summed E-state index contributed by atoms with van der Waals surface area (Å²) in [5.41, 5.74) is 3.34. The summed E-state index contributed by atoms with van der Waals surface area (Å²) in [4.78, 5) is 42.8. The highest BCUT2D eigenvalue weighted by Gasteiger charge is 2.23. The van der Waals surface area contributed by atoms with Crippen molar-refractivity contribution in [3.63, 3.8) is 0 Å². The first kappa shape index (κ1) is 26.9.